The van der Waals surface area contributed by atoms with Crippen molar-refractivity contribution in [1.82, 2.24) is 5.32 Å². The van der Waals surface area contributed by atoms with Gasteiger partial charge < -0.3 is 19.4 Å². The summed E-state index contributed by atoms with van der Waals surface area (Å²) in [5, 5.41) is 3.02. The number of carbonyl (C=O) groups is 2. The van der Waals surface area contributed by atoms with E-state index in [0.29, 0.717) is 17.4 Å². The number of phosphoric ester groups is 1. The number of ether oxygens (including phenoxy) is 1. The van der Waals surface area contributed by atoms with Gasteiger partial charge in [-0.25, -0.2) is 4.57 Å². The molecule has 0 saturated carbocycles. The summed E-state index contributed by atoms with van der Waals surface area (Å²) >= 11 is 0. The van der Waals surface area contributed by atoms with Crippen molar-refractivity contribution < 1.29 is 37.3 Å². The maximum absolute atomic E-state index is 13.5. The number of rotatable bonds is 63. The van der Waals surface area contributed by atoms with E-state index in [0.717, 1.165) is 70.6 Å². The lowest BCUT2D eigenvalue weighted by Crippen LogP contribution is -2.47. The number of hydrogen-bond acceptors (Lipinski definition) is 6. The number of carbonyl (C=O) groups excluding carboxylic acids is 2. The average molecular weight is 1170 g/mol. The lowest BCUT2D eigenvalue weighted by molar-refractivity contribution is -0.870. The minimum atomic E-state index is -4.47. The molecule has 0 aliphatic rings. The number of nitrogens with zero attached hydrogens (tertiary/aromatic N) is 1. The number of unbranched alkanes of at least 4 members (excludes halogenated alkanes) is 37. The van der Waals surface area contributed by atoms with Crippen LogP contribution in [0.15, 0.2) is 72.9 Å². The van der Waals surface area contributed by atoms with Crippen molar-refractivity contribution in [3.05, 3.63) is 72.9 Å². The highest BCUT2D eigenvalue weighted by atomic mass is 31.2. The molecule has 0 aromatic rings. The zero-order valence-corrected chi connectivity index (χ0v) is 55.6. The van der Waals surface area contributed by atoms with Crippen molar-refractivity contribution in [2.45, 2.75) is 335 Å². The van der Waals surface area contributed by atoms with E-state index in [1.165, 1.54) is 212 Å². The Labute approximate surface area is 508 Å². The van der Waals surface area contributed by atoms with Gasteiger partial charge in [-0.1, -0.05) is 319 Å². The molecule has 0 aliphatic carbocycles. The van der Waals surface area contributed by atoms with Crippen LogP contribution >= 0.6 is 7.82 Å². The molecule has 0 aromatic carbocycles. The van der Waals surface area contributed by atoms with Crippen molar-refractivity contribution in [2.75, 3.05) is 40.9 Å². The van der Waals surface area contributed by atoms with Gasteiger partial charge in [0.05, 0.1) is 33.8 Å². The molecule has 0 fully saturated rings. The Hall–Kier alpha value is -2.55. The van der Waals surface area contributed by atoms with Gasteiger partial charge in [-0.15, -0.1) is 0 Å². The van der Waals surface area contributed by atoms with Crippen LogP contribution in [0.2, 0.25) is 0 Å². The van der Waals surface area contributed by atoms with Crippen molar-refractivity contribution >= 4 is 19.7 Å². The summed E-state index contributed by atoms with van der Waals surface area (Å²) in [6, 6.07) is -0.889. The summed E-state index contributed by atoms with van der Waals surface area (Å²) in [6.45, 7) is 6.88. The van der Waals surface area contributed by atoms with Gasteiger partial charge in [0.25, 0.3) is 0 Å². The predicted octanol–water partition coefficient (Wildman–Crippen LogP) is 22.0. The van der Waals surface area contributed by atoms with Gasteiger partial charge in [-0.05, 0) is 63.9 Å². The standard InChI is InChI=1S/C72H133N2O7P/c1-7-10-13-16-19-22-25-28-30-32-33-34-35-36-37-38-39-40-41-42-44-47-50-53-56-59-62-65-72(76)81-70(63-60-57-54-51-48-45-27-24-21-18-15-12-9-3)69(68-80-82(77,78)79-67-66-74(4,5)6)73-71(75)64-61-58-55-52-49-46-43-31-29-26-23-20-17-14-11-8-2/h11,14,20,23,29,31,46,49,55,58,60,63,69-70H,7-10,12-13,15-19,21-22,24-28,30,32-45,47-48,50-54,56-57,59,61-62,64-68H2,1-6H3,(H-,73,75,77,78)/p+1/b14-11+,23-20+,31-29+,49-46+,58-55+,63-60-. The number of likely N-dealkylation sites (N-methyl/N-ethyl adjacent to an activating group) is 1. The third kappa shape index (κ3) is 62.0. The maximum Gasteiger partial charge on any atom is 0.472 e. The first kappa shape index (κ1) is 79.5. The molecule has 2 N–H and O–H groups in total. The van der Waals surface area contributed by atoms with Crippen molar-refractivity contribution in [3.8, 4) is 0 Å². The molecule has 82 heavy (non-hydrogen) atoms. The van der Waals surface area contributed by atoms with Crippen LogP contribution in [0.3, 0.4) is 0 Å². The highest BCUT2D eigenvalue weighted by Gasteiger charge is 2.30. The molecule has 1 amide bonds. The van der Waals surface area contributed by atoms with E-state index in [-0.39, 0.29) is 37.9 Å². The van der Waals surface area contributed by atoms with E-state index >= 15 is 0 Å². The van der Waals surface area contributed by atoms with Crippen molar-refractivity contribution in [2.24, 2.45) is 0 Å². The van der Waals surface area contributed by atoms with Crippen molar-refractivity contribution in [1.29, 1.82) is 0 Å². The topological polar surface area (TPSA) is 111 Å². The van der Waals surface area contributed by atoms with E-state index in [1.54, 1.807) is 0 Å². The Morgan fingerprint density at radius 1 is 0.439 bits per heavy atom. The van der Waals surface area contributed by atoms with Crippen LogP contribution in [-0.4, -0.2) is 74.3 Å². The van der Waals surface area contributed by atoms with Gasteiger partial charge in [0.2, 0.25) is 5.91 Å². The second-order valence-corrected chi connectivity index (χ2v) is 26.1. The Morgan fingerprint density at radius 2 is 0.793 bits per heavy atom. The minimum absolute atomic E-state index is 0.0263. The second kappa shape index (κ2) is 61.5. The molecular formula is C72H134N2O7P+. The molecular weight excluding hydrogens is 1040 g/mol. The average Bonchev–Trinajstić information content (AvgIpc) is 3.45. The summed E-state index contributed by atoms with van der Waals surface area (Å²) in [7, 11) is 1.46. The predicted molar refractivity (Wildman–Crippen MR) is 355 cm³/mol. The van der Waals surface area contributed by atoms with E-state index < -0.39 is 20.0 Å². The van der Waals surface area contributed by atoms with Gasteiger partial charge in [0.1, 0.15) is 19.3 Å². The van der Waals surface area contributed by atoms with Gasteiger partial charge in [0.15, 0.2) is 0 Å². The molecule has 0 spiro atoms. The molecule has 3 unspecified atom stereocenters. The smallest absolute Gasteiger partial charge is 0.456 e. The number of amides is 1. The van der Waals surface area contributed by atoms with E-state index in [1.807, 2.05) is 39.4 Å². The van der Waals surface area contributed by atoms with Gasteiger partial charge in [0, 0.05) is 12.8 Å². The molecule has 10 heteroatoms. The fourth-order valence-electron chi connectivity index (χ4n) is 10.1. The highest BCUT2D eigenvalue weighted by molar-refractivity contribution is 7.47. The number of esters is 1. The maximum atomic E-state index is 13.5. The summed E-state index contributed by atoms with van der Waals surface area (Å²) in [5.74, 6) is -0.591. The molecule has 0 radical (unpaired) electrons. The monoisotopic (exact) mass is 1170 g/mol. The third-order valence-electron chi connectivity index (χ3n) is 15.4. The lowest BCUT2D eigenvalue weighted by atomic mass is 10.0. The first-order valence-corrected chi connectivity index (χ1v) is 36.3. The van der Waals surface area contributed by atoms with E-state index in [9.17, 15) is 19.0 Å². The fourth-order valence-corrected chi connectivity index (χ4v) is 10.8. The number of hydrogen-bond donors (Lipinski definition) is 2. The fraction of sp³-hybridized carbons (Fsp3) is 0.806. The summed E-state index contributed by atoms with van der Waals surface area (Å²) in [4.78, 5) is 37.8. The Balaban J connectivity index is 5.09. The zero-order chi connectivity index (χ0) is 60.0. The first-order valence-electron chi connectivity index (χ1n) is 34.8. The molecule has 478 valence electrons. The molecule has 9 nitrogen and oxygen atoms in total. The number of quaternary nitrogens is 1. The van der Waals surface area contributed by atoms with Crippen LogP contribution in [0.25, 0.3) is 0 Å². The number of phosphoric acid groups is 1. The Morgan fingerprint density at radius 3 is 1.17 bits per heavy atom. The molecule has 3 atom stereocenters. The Bertz CT molecular complexity index is 1630. The summed E-state index contributed by atoms with van der Waals surface area (Å²) < 4.78 is 30.7. The van der Waals surface area contributed by atoms with E-state index in [2.05, 4.69) is 80.8 Å². The van der Waals surface area contributed by atoms with Crippen LogP contribution in [0.5, 0.6) is 0 Å². The molecule has 0 saturated heterocycles. The lowest BCUT2D eigenvalue weighted by Gasteiger charge is -2.27. The molecule has 0 bridgehead atoms. The quantitative estimate of drug-likeness (QED) is 0.0205. The molecule has 0 aromatic heterocycles. The van der Waals surface area contributed by atoms with Gasteiger partial charge in [-0.2, -0.15) is 0 Å². The number of allylic oxidation sites excluding steroid dienone is 11. The van der Waals surface area contributed by atoms with Crippen LogP contribution in [0.1, 0.15) is 323 Å². The van der Waals surface area contributed by atoms with E-state index in [4.69, 9.17) is 13.8 Å². The first-order chi connectivity index (χ1) is 39.9. The highest BCUT2D eigenvalue weighted by Crippen LogP contribution is 2.43. The SMILES string of the molecule is CC/C=C/C/C=C/C/C=C/C/C=C/C/C=C/CCC(=O)NC(COP(=O)(O)OCC[N+](C)(C)C)C(/C=C\CCCCCCCCCCCCC)OC(=O)CCCCCCCCCCCCCCCCCCCCCCCCCCCCC. The normalized spacial score (nSPS) is 14.0. The van der Waals surface area contributed by atoms with Crippen LogP contribution < -0.4 is 5.32 Å². The molecule has 0 heterocycles. The van der Waals surface area contributed by atoms with Crippen LogP contribution in [0, 0.1) is 0 Å². The van der Waals surface area contributed by atoms with Crippen molar-refractivity contribution in [3.63, 3.8) is 0 Å². The van der Waals surface area contributed by atoms with Gasteiger partial charge in [-0.3, -0.25) is 18.6 Å². The summed E-state index contributed by atoms with van der Waals surface area (Å²) in [5.41, 5.74) is 0. The summed E-state index contributed by atoms with van der Waals surface area (Å²) in [6.07, 6.45) is 80.9. The Kier molecular flexibility index (Phi) is 59.6. The molecule has 0 aliphatic heterocycles. The zero-order valence-electron chi connectivity index (χ0n) is 54.7. The largest absolute Gasteiger partial charge is 0.472 e. The van der Waals surface area contributed by atoms with Crippen LogP contribution in [0.4, 0.5) is 0 Å². The second-order valence-electron chi connectivity index (χ2n) is 24.7. The van der Waals surface area contributed by atoms with Gasteiger partial charge >= 0.3 is 13.8 Å². The molecule has 0 rings (SSSR count). The minimum Gasteiger partial charge on any atom is -0.456 e. The van der Waals surface area contributed by atoms with Crippen LogP contribution in [-0.2, 0) is 27.9 Å². The number of nitrogens with one attached hydrogen (secondary N) is 1. The third-order valence-corrected chi connectivity index (χ3v) is 16.4.